The third kappa shape index (κ3) is 3.10. The Morgan fingerprint density at radius 3 is 2.79 bits per heavy atom. The van der Waals surface area contributed by atoms with E-state index in [0.29, 0.717) is 32.8 Å². The van der Waals surface area contributed by atoms with Crippen molar-refractivity contribution in [2.75, 3.05) is 44.3 Å². The first-order valence-electron chi connectivity index (χ1n) is 9.91. The second-order valence-electron chi connectivity index (χ2n) is 7.34. The summed E-state index contributed by atoms with van der Waals surface area (Å²) >= 11 is 0. The molecule has 1 fully saturated rings. The molecule has 0 radical (unpaired) electrons. The van der Waals surface area contributed by atoms with Gasteiger partial charge < -0.3 is 24.6 Å². The predicted molar refractivity (Wildman–Crippen MR) is 105 cm³/mol. The molecule has 2 aromatic rings. The molecule has 0 saturated carbocycles. The number of pyridine rings is 1. The highest BCUT2D eigenvalue weighted by Crippen LogP contribution is 2.40. The second-order valence-corrected chi connectivity index (χ2v) is 7.34. The Morgan fingerprint density at radius 2 is 1.96 bits per heavy atom. The Hall–Kier alpha value is -2.96. The van der Waals surface area contributed by atoms with Crippen molar-refractivity contribution in [3.63, 3.8) is 0 Å². The van der Waals surface area contributed by atoms with E-state index in [4.69, 9.17) is 9.47 Å². The van der Waals surface area contributed by atoms with Crippen molar-refractivity contribution in [1.29, 1.82) is 0 Å². The molecule has 1 saturated heterocycles. The molecular weight excluding hydrogens is 356 g/mol. The number of fused-ring (bicyclic) bond motifs is 2. The molecule has 3 aliphatic rings. The highest BCUT2D eigenvalue weighted by Gasteiger charge is 2.27. The van der Waals surface area contributed by atoms with E-state index in [2.05, 4.69) is 21.3 Å². The summed E-state index contributed by atoms with van der Waals surface area (Å²) in [7, 11) is 0. The molecule has 5 rings (SSSR count). The summed E-state index contributed by atoms with van der Waals surface area (Å²) in [6, 6.07) is 7.99. The van der Waals surface area contributed by atoms with Gasteiger partial charge in [0.2, 0.25) is 0 Å². The average Bonchev–Trinajstić information content (AvgIpc) is 3.41. The van der Waals surface area contributed by atoms with Crippen LogP contribution in [-0.4, -0.2) is 55.3 Å². The van der Waals surface area contributed by atoms with Gasteiger partial charge in [0.1, 0.15) is 17.3 Å². The second kappa shape index (κ2) is 7.22. The molecule has 1 aromatic carbocycles. The Labute approximate surface area is 164 Å². The molecule has 2 amide bonds. The van der Waals surface area contributed by atoms with E-state index in [1.54, 1.807) is 6.20 Å². The van der Waals surface area contributed by atoms with Crippen LogP contribution in [0.4, 0.5) is 10.6 Å². The van der Waals surface area contributed by atoms with Crippen LogP contribution in [0.1, 0.15) is 16.7 Å². The molecule has 1 N–H and O–H groups in total. The van der Waals surface area contributed by atoms with E-state index in [9.17, 15) is 4.79 Å². The molecule has 0 unspecified atom stereocenters. The number of ether oxygens (including phenoxy) is 2. The molecule has 4 heterocycles. The van der Waals surface area contributed by atoms with Gasteiger partial charge in [-0.05, 0) is 18.2 Å². The minimum Gasteiger partial charge on any atom is -0.493 e. The third-order valence-electron chi connectivity index (χ3n) is 5.72. The quantitative estimate of drug-likeness (QED) is 0.882. The van der Waals surface area contributed by atoms with E-state index in [-0.39, 0.29) is 6.03 Å². The Morgan fingerprint density at radius 1 is 1.11 bits per heavy atom. The maximum Gasteiger partial charge on any atom is 0.317 e. The van der Waals surface area contributed by atoms with Crippen LogP contribution in [-0.2, 0) is 19.4 Å². The molecule has 0 bridgehead atoms. The van der Waals surface area contributed by atoms with E-state index in [0.717, 1.165) is 48.8 Å². The fraction of sp³-hybridized carbons (Fsp3) is 0.429. The average molecular weight is 380 g/mol. The van der Waals surface area contributed by atoms with Crippen molar-refractivity contribution in [2.45, 2.75) is 19.4 Å². The number of rotatable bonds is 3. The number of carbonyl (C=O) groups is 1. The predicted octanol–water partition coefficient (Wildman–Crippen LogP) is 1.98. The number of carbonyl (C=O) groups excluding carboxylic acids is 1. The van der Waals surface area contributed by atoms with Crippen LogP contribution in [0.2, 0.25) is 0 Å². The van der Waals surface area contributed by atoms with Crippen LogP contribution in [0, 0.1) is 0 Å². The summed E-state index contributed by atoms with van der Waals surface area (Å²) in [5.74, 6) is 2.87. The molecule has 146 valence electrons. The van der Waals surface area contributed by atoms with Gasteiger partial charge >= 0.3 is 6.03 Å². The molecule has 7 heteroatoms. The lowest BCUT2D eigenvalue weighted by Crippen LogP contribution is -2.51. The van der Waals surface area contributed by atoms with Gasteiger partial charge in [-0.1, -0.05) is 6.07 Å². The summed E-state index contributed by atoms with van der Waals surface area (Å²) in [4.78, 5) is 21.2. The molecule has 28 heavy (non-hydrogen) atoms. The Bertz CT molecular complexity index is 847. The summed E-state index contributed by atoms with van der Waals surface area (Å²) < 4.78 is 11.6. The number of nitrogens with zero attached hydrogens (tertiary/aromatic N) is 3. The van der Waals surface area contributed by atoms with Gasteiger partial charge in [-0.3, -0.25) is 0 Å². The first-order chi connectivity index (χ1) is 13.8. The number of hydrogen-bond donors (Lipinski definition) is 1. The lowest BCUT2D eigenvalue weighted by Gasteiger charge is -2.35. The summed E-state index contributed by atoms with van der Waals surface area (Å²) in [5, 5.41) is 3.10. The first-order valence-corrected chi connectivity index (χ1v) is 9.91. The smallest absolute Gasteiger partial charge is 0.317 e. The highest BCUT2D eigenvalue weighted by atomic mass is 16.5. The molecule has 0 spiro atoms. The van der Waals surface area contributed by atoms with Crippen LogP contribution in [0.5, 0.6) is 11.5 Å². The van der Waals surface area contributed by atoms with Gasteiger partial charge in [0.05, 0.1) is 13.2 Å². The Kier molecular flexibility index (Phi) is 4.43. The van der Waals surface area contributed by atoms with Crippen LogP contribution in [0.3, 0.4) is 0 Å². The molecule has 0 atom stereocenters. The lowest BCUT2D eigenvalue weighted by atomic mass is 9.99. The van der Waals surface area contributed by atoms with Gasteiger partial charge in [0.15, 0.2) is 0 Å². The van der Waals surface area contributed by atoms with Gasteiger partial charge in [-0.25, -0.2) is 9.78 Å². The normalized spacial score (nSPS) is 17.6. The minimum atomic E-state index is -0.0241. The fourth-order valence-electron chi connectivity index (χ4n) is 4.23. The van der Waals surface area contributed by atoms with Crippen molar-refractivity contribution < 1.29 is 14.3 Å². The SMILES string of the molecule is O=C(NCc1c2c(cc3c1OCC3)OCC2)N1CCN(c2ccccn2)CC1. The van der Waals surface area contributed by atoms with Gasteiger partial charge in [-0.2, -0.15) is 0 Å². The molecule has 0 aliphatic carbocycles. The van der Waals surface area contributed by atoms with E-state index >= 15 is 0 Å². The fourth-order valence-corrected chi connectivity index (χ4v) is 4.23. The van der Waals surface area contributed by atoms with E-state index < -0.39 is 0 Å². The summed E-state index contributed by atoms with van der Waals surface area (Å²) in [5.41, 5.74) is 3.46. The maximum atomic E-state index is 12.7. The van der Waals surface area contributed by atoms with Crippen molar-refractivity contribution in [1.82, 2.24) is 15.2 Å². The first kappa shape index (κ1) is 17.2. The Balaban J connectivity index is 1.22. The van der Waals surface area contributed by atoms with Gasteiger partial charge in [0, 0.05) is 68.5 Å². The summed E-state index contributed by atoms with van der Waals surface area (Å²) in [6.07, 6.45) is 3.58. The van der Waals surface area contributed by atoms with E-state index in [1.165, 1.54) is 11.1 Å². The number of aromatic nitrogens is 1. The van der Waals surface area contributed by atoms with Crippen LogP contribution < -0.4 is 19.7 Å². The number of nitrogens with one attached hydrogen (secondary N) is 1. The third-order valence-corrected chi connectivity index (χ3v) is 5.72. The standard InChI is InChI=1S/C21H24N4O3/c26-21(25-9-7-24(8-10-25)19-3-1-2-6-22-19)23-14-17-16-5-12-27-18(16)13-15-4-11-28-20(15)17/h1-3,6,13H,4-5,7-12,14H2,(H,23,26). The van der Waals surface area contributed by atoms with Gasteiger partial charge in [0.25, 0.3) is 0 Å². The van der Waals surface area contributed by atoms with Crippen LogP contribution in [0.25, 0.3) is 0 Å². The van der Waals surface area contributed by atoms with Crippen molar-refractivity contribution in [3.05, 3.63) is 47.2 Å². The largest absolute Gasteiger partial charge is 0.493 e. The number of piperazine rings is 1. The van der Waals surface area contributed by atoms with Crippen LogP contribution in [0.15, 0.2) is 30.5 Å². The van der Waals surface area contributed by atoms with Gasteiger partial charge in [-0.15, -0.1) is 0 Å². The lowest BCUT2D eigenvalue weighted by molar-refractivity contribution is 0.193. The van der Waals surface area contributed by atoms with E-state index in [1.807, 2.05) is 23.1 Å². The molecule has 7 nitrogen and oxygen atoms in total. The number of anilines is 1. The number of benzene rings is 1. The zero-order valence-electron chi connectivity index (χ0n) is 15.8. The van der Waals surface area contributed by atoms with Crippen molar-refractivity contribution >= 4 is 11.8 Å². The van der Waals surface area contributed by atoms with Crippen molar-refractivity contribution in [3.8, 4) is 11.5 Å². The molecule has 3 aliphatic heterocycles. The monoisotopic (exact) mass is 380 g/mol. The molecule has 1 aromatic heterocycles. The number of urea groups is 1. The topological polar surface area (TPSA) is 66.9 Å². The highest BCUT2D eigenvalue weighted by molar-refractivity contribution is 5.75. The number of amides is 2. The number of hydrogen-bond acceptors (Lipinski definition) is 5. The zero-order valence-corrected chi connectivity index (χ0v) is 15.8. The van der Waals surface area contributed by atoms with Crippen molar-refractivity contribution in [2.24, 2.45) is 0 Å². The zero-order chi connectivity index (χ0) is 18.9. The van der Waals surface area contributed by atoms with Crippen LogP contribution >= 0.6 is 0 Å². The summed E-state index contributed by atoms with van der Waals surface area (Å²) in [6.45, 7) is 4.84. The molecular formula is C21H24N4O3. The minimum absolute atomic E-state index is 0.0241. The maximum absolute atomic E-state index is 12.7.